The average molecular weight is 489 g/mol. The quantitative estimate of drug-likeness (QED) is 0.299. The van der Waals surface area contributed by atoms with E-state index in [-0.39, 0.29) is 17.0 Å². The third-order valence-electron chi connectivity index (χ3n) is 6.20. The van der Waals surface area contributed by atoms with E-state index in [1.54, 1.807) is 41.3 Å². The van der Waals surface area contributed by atoms with Gasteiger partial charge in [0.1, 0.15) is 11.6 Å². The third-order valence-corrected chi connectivity index (χ3v) is 6.20. The van der Waals surface area contributed by atoms with E-state index in [4.69, 9.17) is 14.1 Å². The lowest BCUT2D eigenvalue weighted by Crippen LogP contribution is -2.48. The number of amides is 1. The maximum Gasteiger partial charge on any atom is 0.289 e. The lowest BCUT2D eigenvalue weighted by Gasteiger charge is -2.34. The maximum atomic E-state index is 13.6. The number of aromatic nitrogens is 2. The van der Waals surface area contributed by atoms with E-state index in [0.29, 0.717) is 61.3 Å². The molecule has 0 spiro atoms. The fraction of sp³-hybridized carbons (Fsp3) is 0.240. The van der Waals surface area contributed by atoms with Crippen LogP contribution in [0.4, 0.5) is 5.69 Å². The highest BCUT2D eigenvalue weighted by molar-refractivity contribution is 5.91. The number of rotatable bonds is 6. The normalized spacial score (nSPS) is 14.2. The predicted octanol–water partition coefficient (Wildman–Crippen LogP) is 2.85. The molecule has 184 valence electrons. The van der Waals surface area contributed by atoms with E-state index >= 15 is 0 Å². The largest absolute Gasteiger partial charge is 0.497 e. The Labute approximate surface area is 205 Å². The van der Waals surface area contributed by atoms with Crippen LogP contribution in [0.5, 0.6) is 5.75 Å². The Morgan fingerprint density at radius 2 is 1.92 bits per heavy atom. The van der Waals surface area contributed by atoms with Gasteiger partial charge in [-0.1, -0.05) is 6.07 Å². The van der Waals surface area contributed by atoms with Crippen molar-refractivity contribution in [3.63, 3.8) is 0 Å². The summed E-state index contributed by atoms with van der Waals surface area (Å²) in [5, 5.41) is 11.4. The molecule has 0 atom stereocenters. The standard InChI is InChI=1S/C25H23N5O6/c1-35-19-5-2-4-17(14-19)29-23(26-21-8-7-18(30(33)34)15-20(21)24(29)31)16-27-9-11-28(12-10-27)25(32)22-6-3-13-36-22/h2-8,13-15H,9-12,16H2,1H3. The van der Waals surface area contributed by atoms with Gasteiger partial charge in [-0.3, -0.25) is 29.2 Å². The van der Waals surface area contributed by atoms with Crippen molar-refractivity contribution in [2.45, 2.75) is 6.54 Å². The second-order valence-corrected chi connectivity index (χ2v) is 8.37. The molecule has 0 N–H and O–H groups in total. The van der Waals surface area contributed by atoms with Crippen LogP contribution >= 0.6 is 0 Å². The number of nitrogens with zero attached hydrogens (tertiary/aromatic N) is 5. The molecule has 0 unspecified atom stereocenters. The summed E-state index contributed by atoms with van der Waals surface area (Å²) in [6.07, 6.45) is 1.47. The highest BCUT2D eigenvalue weighted by atomic mass is 16.6. The molecular weight excluding hydrogens is 466 g/mol. The van der Waals surface area contributed by atoms with Crippen LogP contribution in [0.2, 0.25) is 0 Å². The number of benzene rings is 2. The van der Waals surface area contributed by atoms with E-state index < -0.39 is 10.5 Å². The average Bonchev–Trinajstić information content (AvgIpc) is 3.44. The molecule has 0 saturated carbocycles. The van der Waals surface area contributed by atoms with Crippen molar-refractivity contribution in [1.29, 1.82) is 0 Å². The van der Waals surface area contributed by atoms with Gasteiger partial charge in [0.2, 0.25) is 0 Å². The molecule has 0 radical (unpaired) electrons. The van der Waals surface area contributed by atoms with Crippen molar-refractivity contribution in [1.82, 2.24) is 19.4 Å². The summed E-state index contributed by atoms with van der Waals surface area (Å²) in [5.74, 6) is 1.20. The lowest BCUT2D eigenvalue weighted by atomic mass is 10.2. The van der Waals surface area contributed by atoms with Gasteiger partial charge in [-0.15, -0.1) is 0 Å². The zero-order valence-corrected chi connectivity index (χ0v) is 19.5. The van der Waals surface area contributed by atoms with Gasteiger partial charge >= 0.3 is 0 Å². The van der Waals surface area contributed by atoms with Crippen molar-refractivity contribution in [3.05, 3.63) is 92.9 Å². The number of hydrogen-bond donors (Lipinski definition) is 0. The summed E-state index contributed by atoms with van der Waals surface area (Å²) in [7, 11) is 1.54. The van der Waals surface area contributed by atoms with Crippen molar-refractivity contribution in [2.75, 3.05) is 33.3 Å². The van der Waals surface area contributed by atoms with E-state index in [0.717, 1.165) is 0 Å². The number of ether oxygens (including phenoxy) is 1. The molecule has 4 aromatic rings. The third kappa shape index (κ3) is 4.43. The first-order valence-electron chi connectivity index (χ1n) is 11.3. The Morgan fingerprint density at radius 1 is 1.11 bits per heavy atom. The van der Waals surface area contributed by atoms with Crippen LogP contribution in [-0.4, -0.2) is 63.5 Å². The molecule has 1 amide bonds. The molecule has 1 saturated heterocycles. The van der Waals surface area contributed by atoms with Crippen molar-refractivity contribution in [3.8, 4) is 11.4 Å². The van der Waals surface area contributed by atoms with Crippen molar-refractivity contribution < 1.29 is 18.9 Å². The fourth-order valence-corrected chi connectivity index (χ4v) is 4.32. The van der Waals surface area contributed by atoms with E-state index in [1.807, 2.05) is 0 Å². The van der Waals surface area contributed by atoms with Crippen molar-refractivity contribution in [2.24, 2.45) is 0 Å². The maximum absolute atomic E-state index is 13.6. The van der Waals surface area contributed by atoms with E-state index in [1.165, 1.54) is 36.1 Å². The first kappa shape index (κ1) is 23.2. The summed E-state index contributed by atoms with van der Waals surface area (Å²) in [4.78, 5) is 45.5. The highest BCUT2D eigenvalue weighted by Gasteiger charge is 2.25. The molecule has 11 nitrogen and oxygen atoms in total. The van der Waals surface area contributed by atoms with Crippen LogP contribution in [0.15, 0.2) is 70.1 Å². The monoisotopic (exact) mass is 489 g/mol. The Morgan fingerprint density at radius 3 is 2.61 bits per heavy atom. The molecule has 2 aromatic heterocycles. The van der Waals surface area contributed by atoms with Crippen LogP contribution in [0.25, 0.3) is 16.6 Å². The van der Waals surface area contributed by atoms with Crippen LogP contribution in [0.1, 0.15) is 16.4 Å². The minimum absolute atomic E-state index is 0.154. The van der Waals surface area contributed by atoms with Crippen LogP contribution < -0.4 is 10.3 Å². The summed E-state index contributed by atoms with van der Waals surface area (Å²) in [6, 6.07) is 14.4. The van der Waals surface area contributed by atoms with Gasteiger partial charge in [0.25, 0.3) is 17.2 Å². The smallest absolute Gasteiger partial charge is 0.289 e. The molecule has 2 aromatic carbocycles. The summed E-state index contributed by atoms with van der Waals surface area (Å²) in [6.45, 7) is 2.52. The Bertz CT molecular complexity index is 1490. The molecule has 3 heterocycles. The molecule has 1 aliphatic rings. The van der Waals surface area contributed by atoms with Gasteiger partial charge in [0.05, 0.1) is 41.4 Å². The predicted molar refractivity (Wildman–Crippen MR) is 130 cm³/mol. The summed E-state index contributed by atoms with van der Waals surface area (Å²) >= 11 is 0. The fourth-order valence-electron chi connectivity index (χ4n) is 4.32. The molecule has 0 bridgehead atoms. The molecule has 1 aliphatic heterocycles. The minimum Gasteiger partial charge on any atom is -0.497 e. The first-order valence-corrected chi connectivity index (χ1v) is 11.3. The molecule has 1 fully saturated rings. The Kier molecular flexibility index (Phi) is 6.21. The molecule has 36 heavy (non-hydrogen) atoms. The van der Waals surface area contributed by atoms with Crippen LogP contribution in [-0.2, 0) is 6.54 Å². The number of furan rings is 1. The van der Waals surface area contributed by atoms with Gasteiger partial charge in [0.15, 0.2) is 5.76 Å². The number of nitro groups is 1. The van der Waals surface area contributed by atoms with Crippen LogP contribution in [0, 0.1) is 10.1 Å². The van der Waals surface area contributed by atoms with E-state index in [2.05, 4.69) is 4.90 Å². The summed E-state index contributed by atoms with van der Waals surface area (Å²) < 4.78 is 12.0. The number of piperazine rings is 1. The lowest BCUT2D eigenvalue weighted by molar-refractivity contribution is -0.384. The van der Waals surface area contributed by atoms with Gasteiger partial charge in [0, 0.05) is 44.4 Å². The summed E-state index contributed by atoms with van der Waals surface area (Å²) in [5.41, 5.74) is 0.343. The number of carbonyl (C=O) groups excluding carboxylic acids is 1. The molecule has 11 heteroatoms. The zero-order valence-electron chi connectivity index (χ0n) is 19.5. The van der Waals surface area contributed by atoms with Gasteiger partial charge in [-0.05, 0) is 30.3 Å². The van der Waals surface area contributed by atoms with Crippen LogP contribution in [0.3, 0.4) is 0 Å². The number of carbonyl (C=O) groups is 1. The Hall–Kier alpha value is -4.51. The highest BCUT2D eigenvalue weighted by Crippen LogP contribution is 2.22. The van der Waals surface area contributed by atoms with Crippen molar-refractivity contribution >= 4 is 22.5 Å². The molecule has 5 rings (SSSR count). The number of nitro benzene ring substituents is 1. The SMILES string of the molecule is COc1cccc(-n2c(CN3CCN(C(=O)c4ccco4)CC3)nc3ccc([N+](=O)[O-])cc3c2=O)c1. The second-order valence-electron chi connectivity index (χ2n) is 8.37. The minimum atomic E-state index is -0.536. The number of hydrogen-bond acceptors (Lipinski definition) is 8. The second kappa shape index (κ2) is 9.62. The van der Waals surface area contributed by atoms with Gasteiger partial charge in [-0.2, -0.15) is 0 Å². The Balaban J connectivity index is 1.49. The molecular formula is C25H23N5O6. The van der Waals surface area contributed by atoms with E-state index in [9.17, 15) is 19.7 Å². The number of fused-ring (bicyclic) bond motifs is 1. The topological polar surface area (TPSA) is 124 Å². The number of methoxy groups -OCH3 is 1. The number of non-ortho nitro benzene ring substituents is 1. The zero-order chi connectivity index (χ0) is 25.2. The molecule has 0 aliphatic carbocycles. The van der Waals surface area contributed by atoms with Gasteiger partial charge in [-0.25, -0.2) is 4.98 Å². The first-order chi connectivity index (χ1) is 17.4. The van der Waals surface area contributed by atoms with Gasteiger partial charge < -0.3 is 14.1 Å².